The molecule has 0 fully saturated rings. The summed E-state index contributed by atoms with van der Waals surface area (Å²) in [5, 5.41) is 23.6. The number of hydrogen-bond donors (Lipinski definition) is 3. The van der Waals surface area contributed by atoms with Crippen LogP contribution in [0.4, 0.5) is 0 Å². The molecule has 0 heterocycles. The van der Waals surface area contributed by atoms with E-state index in [1.54, 1.807) is 0 Å². The Morgan fingerprint density at radius 3 is 1.53 bits per heavy atom. The van der Waals surface area contributed by atoms with E-state index in [4.69, 9.17) is 4.74 Å². The van der Waals surface area contributed by atoms with E-state index in [-0.39, 0.29) is 24.9 Å². The Labute approximate surface area is 351 Å². The lowest BCUT2D eigenvalue weighted by Gasteiger charge is -2.24. The lowest BCUT2D eigenvalue weighted by Crippen LogP contribution is -2.46. The van der Waals surface area contributed by atoms with Crippen LogP contribution in [0.2, 0.25) is 0 Å². The van der Waals surface area contributed by atoms with E-state index >= 15 is 0 Å². The second kappa shape index (κ2) is 44.1. The fourth-order valence-electron chi connectivity index (χ4n) is 6.57. The number of aliphatic hydroxyl groups is 2. The first-order valence-electron chi connectivity index (χ1n) is 23.4. The minimum absolute atomic E-state index is 0.0439. The van der Waals surface area contributed by atoms with Crippen molar-refractivity contribution in [3.05, 3.63) is 85.1 Å². The van der Waals surface area contributed by atoms with Gasteiger partial charge in [0.1, 0.15) is 6.10 Å². The standard InChI is InChI=1S/C51H87NO5/c1-4-7-10-13-16-19-22-23-24-25-26-27-29-32-35-38-41-44-51(56)57-47(42-39-36-33-30-21-18-15-12-9-6-3)45-50(55)52-48(46-53)49(54)43-40-37-34-31-28-20-17-14-11-8-5-2/h7,10,13,16,18-19,21-27,29,47-49,53-54H,4-6,8-9,11-12,14-15,17,20,28,30-46H2,1-3H3,(H,52,55)/b10-7-,16-13+,21-18-,22-19+,24-23-,26-25+,29-27+. The molecule has 1 amide bonds. The predicted molar refractivity (Wildman–Crippen MR) is 245 cm³/mol. The molecule has 3 N–H and O–H groups in total. The monoisotopic (exact) mass is 794 g/mol. The number of allylic oxidation sites excluding steroid dienone is 14. The molecule has 0 aromatic carbocycles. The molecular formula is C51H87NO5. The van der Waals surface area contributed by atoms with Gasteiger partial charge in [0.15, 0.2) is 0 Å². The van der Waals surface area contributed by atoms with Gasteiger partial charge in [0.25, 0.3) is 0 Å². The molecule has 0 aromatic rings. The zero-order valence-electron chi connectivity index (χ0n) is 36.9. The number of nitrogens with one attached hydrogen (secondary N) is 1. The lowest BCUT2D eigenvalue weighted by atomic mass is 10.0. The molecule has 0 radical (unpaired) electrons. The molecule has 0 aliphatic carbocycles. The first-order chi connectivity index (χ1) is 28.0. The average Bonchev–Trinajstić information content (AvgIpc) is 3.20. The number of carbonyl (C=O) groups is 2. The number of aliphatic hydroxyl groups excluding tert-OH is 2. The molecule has 0 aromatic heterocycles. The van der Waals surface area contributed by atoms with Gasteiger partial charge in [-0.25, -0.2) is 0 Å². The Kier molecular flexibility index (Phi) is 41.9. The van der Waals surface area contributed by atoms with Crippen LogP contribution < -0.4 is 5.32 Å². The third kappa shape index (κ3) is 39.6. The van der Waals surface area contributed by atoms with Crippen molar-refractivity contribution >= 4 is 11.9 Å². The highest BCUT2D eigenvalue weighted by molar-refractivity contribution is 5.77. The molecule has 0 bridgehead atoms. The summed E-state index contributed by atoms with van der Waals surface area (Å²) in [6, 6.07) is -0.718. The number of hydrogen-bond acceptors (Lipinski definition) is 5. The highest BCUT2D eigenvalue weighted by Crippen LogP contribution is 2.17. The van der Waals surface area contributed by atoms with Crippen LogP contribution in [0.3, 0.4) is 0 Å². The van der Waals surface area contributed by atoms with E-state index in [1.165, 1.54) is 70.6 Å². The van der Waals surface area contributed by atoms with Crippen LogP contribution in [0.5, 0.6) is 0 Å². The highest BCUT2D eigenvalue weighted by atomic mass is 16.5. The molecular weight excluding hydrogens is 707 g/mol. The summed E-state index contributed by atoms with van der Waals surface area (Å²) in [5.74, 6) is -0.550. The molecule has 0 saturated heterocycles. The maximum atomic E-state index is 13.1. The quantitative estimate of drug-likeness (QED) is 0.0248. The summed E-state index contributed by atoms with van der Waals surface area (Å²) in [6.07, 6.45) is 56.4. The molecule has 0 saturated carbocycles. The van der Waals surface area contributed by atoms with Crippen molar-refractivity contribution in [2.45, 2.75) is 219 Å². The van der Waals surface area contributed by atoms with Gasteiger partial charge in [0, 0.05) is 6.42 Å². The molecule has 6 nitrogen and oxygen atoms in total. The van der Waals surface area contributed by atoms with Crippen molar-refractivity contribution in [1.82, 2.24) is 5.32 Å². The van der Waals surface area contributed by atoms with Crippen molar-refractivity contribution in [3.8, 4) is 0 Å². The Hall–Kier alpha value is -2.96. The summed E-state index contributed by atoms with van der Waals surface area (Å²) in [7, 11) is 0. The Morgan fingerprint density at radius 1 is 0.526 bits per heavy atom. The van der Waals surface area contributed by atoms with Crippen molar-refractivity contribution in [2.75, 3.05) is 6.61 Å². The molecule has 3 unspecified atom stereocenters. The molecule has 57 heavy (non-hydrogen) atoms. The van der Waals surface area contributed by atoms with Crippen molar-refractivity contribution in [1.29, 1.82) is 0 Å². The Morgan fingerprint density at radius 2 is 0.965 bits per heavy atom. The van der Waals surface area contributed by atoms with Crippen LogP contribution in [0.1, 0.15) is 201 Å². The maximum absolute atomic E-state index is 13.1. The van der Waals surface area contributed by atoms with Crippen LogP contribution >= 0.6 is 0 Å². The van der Waals surface area contributed by atoms with Crippen LogP contribution in [-0.2, 0) is 14.3 Å². The number of amides is 1. The minimum Gasteiger partial charge on any atom is -0.462 e. The molecule has 326 valence electrons. The third-order valence-corrected chi connectivity index (χ3v) is 10.1. The number of carbonyl (C=O) groups excluding carboxylic acids is 2. The summed E-state index contributed by atoms with van der Waals surface area (Å²) in [6.45, 7) is 6.27. The van der Waals surface area contributed by atoms with E-state index in [0.29, 0.717) is 19.3 Å². The van der Waals surface area contributed by atoms with Gasteiger partial charge in [0.05, 0.1) is 25.2 Å². The van der Waals surface area contributed by atoms with Crippen LogP contribution in [-0.4, -0.2) is 46.9 Å². The van der Waals surface area contributed by atoms with Gasteiger partial charge < -0.3 is 20.3 Å². The molecule has 3 atom stereocenters. The van der Waals surface area contributed by atoms with E-state index in [1.807, 2.05) is 54.7 Å². The number of unbranched alkanes of at least 4 members (excludes halogenated alkanes) is 19. The van der Waals surface area contributed by atoms with Gasteiger partial charge in [-0.1, -0.05) is 202 Å². The minimum atomic E-state index is -0.801. The Balaban J connectivity index is 4.68. The van der Waals surface area contributed by atoms with Crippen molar-refractivity contribution in [3.63, 3.8) is 0 Å². The molecule has 0 aliphatic heterocycles. The second-order valence-electron chi connectivity index (χ2n) is 15.6. The fourth-order valence-corrected chi connectivity index (χ4v) is 6.57. The topological polar surface area (TPSA) is 95.9 Å². The smallest absolute Gasteiger partial charge is 0.306 e. The highest BCUT2D eigenvalue weighted by Gasteiger charge is 2.24. The number of rotatable bonds is 40. The second-order valence-corrected chi connectivity index (χ2v) is 15.6. The SMILES string of the molecule is CC\C=C/C=C/C=C/C=C\C=C\C=C\CCCCCC(=O)OC(CCCCC/C=C\CCCCC)CC(=O)NC(CO)C(O)CCCCCCCCCCCCC. The van der Waals surface area contributed by atoms with Crippen LogP contribution in [0.25, 0.3) is 0 Å². The van der Waals surface area contributed by atoms with Gasteiger partial charge in [-0.05, 0) is 70.6 Å². The van der Waals surface area contributed by atoms with Gasteiger partial charge in [-0.2, -0.15) is 0 Å². The predicted octanol–water partition coefficient (Wildman–Crippen LogP) is 13.6. The van der Waals surface area contributed by atoms with E-state index < -0.39 is 18.2 Å². The fraction of sp³-hybridized carbons (Fsp3) is 0.686. The van der Waals surface area contributed by atoms with Gasteiger partial charge in [-0.15, -0.1) is 0 Å². The summed E-state index contributed by atoms with van der Waals surface area (Å²) in [4.78, 5) is 26.0. The van der Waals surface area contributed by atoms with Gasteiger partial charge >= 0.3 is 5.97 Å². The third-order valence-electron chi connectivity index (χ3n) is 10.1. The molecule has 0 aliphatic rings. The van der Waals surface area contributed by atoms with Gasteiger partial charge in [-0.3, -0.25) is 9.59 Å². The van der Waals surface area contributed by atoms with Crippen molar-refractivity contribution < 1.29 is 24.5 Å². The first kappa shape index (κ1) is 54.0. The summed E-state index contributed by atoms with van der Waals surface area (Å²) >= 11 is 0. The van der Waals surface area contributed by atoms with E-state index in [2.05, 4.69) is 56.5 Å². The summed E-state index contributed by atoms with van der Waals surface area (Å²) in [5.41, 5.74) is 0. The maximum Gasteiger partial charge on any atom is 0.306 e. The molecule has 6 heteroatoms. The number of esters is 1. The number of ether oxygens (including phenoxy) is 1. The zero-order chi connectivity index (χ0) is 41.7. The van der Waals surface area contributed by atoms with Crippen molar-refractivity contribution in [2.24, 2.45) is 0 Å². The van der Waals surface area contributed by atoms with E-state index in [9.17, 15) is 19.8 Å². The van der Waals surface area contributed by atoms with Gasteiger partial charge in [0.2, 0.25) is 5.91 Å². The van der Waals surface area contributed by atoms with E-state index in [0.717, 1.165) is 83.5 Å². The normalized spacial score (nSPS) is 14.1. The molecule has 0 spiro atoms. The average molecular weight is 794 g/mol. The summed E-state index contributed by atoms with van der Waals surface area (Å²) < 4.78 is 5.87. The zero-order valence-corrected chi connectivity index (χ0v) is 36.9. The van der Waals surface area contributed by atoms with Crippen LogP contribution in [0.15, 0.2) is 85.1 Å². The lowest BCUT2D eigenvalue weighted by molar-refractivity contribution is -0.151. The first-order valence-corrected chi connectivity index (χ1v) is 23.4. The molecule has 0 rings (SSSR count). The largest absolute Gasteiger partial charge is 0.462 e. The van der Waals surface area contributed by atoms with Crippen LogP contribution in [0, 0.1) is 0 Å². The Bertz CT molecular complexity index is 1120.